The Bertz CT molecular complexity index is 232. The molecule has 0 aromatic heterocycles. The molecule has 0 radical (unpaired) electrons. The SMILES string of the molecule is [3H]CCCCP(=C)(C)[O-].[3H]CP(=C)(C)[O-]. The van der Waals surface area contributed by atoms with E-state index in [0.29, 0.717) is 13.1 Å². The minimum Gasteiger partial charge on any atom is -0.829 e. The van der Waals surface area contributed by atoms with Crippen molar-refractivity contribution in [3.63, 3.8) is 0 Å². The zero-order valence-electron chi connectivity index (χ0n) is 10.7. The number of unbranched alkanes of at least 4 members (excludes halogenated alkanes) is 1. The van der Waals surface area contributed by atoms with Crippen LogP contribution in [-0.2, 0) is 0 Å². The molecule has 0 N–H and O–H groups in total. The second-order valence-corrected chi connectivity index (χ2v) is 9.16. The first-order valence-corrected chi connectivity index (χ1v) is 9.07. The Balaban J connectivity index is 0. The summed E-state index contributed by atoms with van der Waals surface area (Å²) in [7, 11) is -4.26. The summed E-state index contributed by atoms with van der Waals surface area (Å²) in [5.74, 6) is 0. The maximum atomic E-state index is 10.9. The highest BCUT2D eigenvalue weighted by Crippen LogP contribution is 2.29. The Kier molecular flexibility index (Phi) is 6.15. The van der Waals surface area contributed by atoms with Crippen molar-refractivity contribution in [3.8, 4) is 0 Å². The van der Waals surface area contributed by atoms with Crippen molar-refractivity contribution in [2.45, 2.75) is 19.7 Å². The van der Waals surface area contributed by atoms with Gasteiger partial charge in [-0.1, -0.05) is 39.7 Å². The number of rotatable bonds is 3. The highest BCUT2D eigenvalue weighted by molar-refractivity contribution is 7.66. The molecule has 0 aliphatic rings. The van der Waals surface area contributed by atoms with E-state index in [1.807, 2.05) is 0 Å². The van der Waals surface area contributed by atoms with Gasteiger partial charge in [0.1, 0.15) is 0 Å². The fourth-order valence-electron chi connectivity index (χ4n) is 0.446. The summed E-state index contributed by atoms with van der Waals surface area (Å²) in [6, 6.07) is 0. The van der Waals surface area contributed by atoms with E-state index >= 15 is 0 Å². The lowest BCUT2D eigenvalue weighted by molar-refractivity contribution is -0.161. The van der Waals surface area contributed by atoms with Crippen LogP contribution in [0.15, 0.2) is 0 Å². The largest absolute Gasteiger partial charge is 0.829 e. The minimum absolute atomic E-state index is 0.0347. The maximum Gasteiger partial charge on any atom is 0.0267 e. The van der Waals surface area contributed by atoms with Crippen molar-refractivity contribution >= 4 is 26.8 Å². The maximum absolute atomic E-state index is 10.9. The van der Waals surface area contributed by atoms with Crippen LogP contribution in [0.5, 0.6) is 0 Å². The van der Waals surface area contributed by atoms with E-state index in [0.717, 1.165) is 12.8 Å². The van der Waals surface area contributed by atoms with Crippen LogP contribution in [0.4, 0.5) is 0 Å². The quantitative estimate of drug-likeness (QED) is 0.536. The molecule has 0 aromatic rings. The van der Waals surface area contributed by atoms with Gasteiger partial charge in [0, 0.05) is 2.74 Å². The molecule has 2 unspecified atom stereocenters. The third-order valence-corrected chi connectivity index (χ3v) is 2.14. The lowest BCUT2D eigenvalue weighted by Crippen LogP contribution is -2.02. The molecule has 0 fully saturated rings. The Morgan fingerprint density at radius 2 is 1.77 bits per heavy atom. The van der Waals surface area contributed by atoms with Crippen molar-refractivity contribution in [1.82, 2.24) is 0 Å². The monoisotopic (exact) mass is 228 g/mol. The molecule has 0 aromatic carbocycles. The van der Waals surface area contributed by atoms with E-state index in [2.05, 4.69) is 12.6 Å². The average molecular weight is 228 g/mol. The summed E-state index contributed by atoms with van der Waals surface area (Å²) < 4.78 is 13.3. The lowest BCUT2D eigenvalue weighted by atomic mass is 10.4. The summed E-state index contributed by atoms with van der Waals surface area (Å²) >= 11 is 0. The lowest BCUT2D eigenvalue weighted by Gasteiger charge is -2.24. The summed E-state index contributed by atoms with van der Waals surface area (Å²) in [5, 5.41) is 0. The molecule has 82 valence electrons. The third-order valence-electron chi connectivity index (χ3n) is 0.881. The third kappa shape index (κ3) is 45.5. The van der Waals surface area contributed by atoms with Gasteiger partial charge in [-0.15, -0.1) is 12.6 Å². The van der Waals surface area contributed by atoms with Gasteiger partial charge < -0.3 is 9.79 Å². The van der Waals surface area contributed by atoms with Gasteiger partial charge in [-0.2, -0.15) is 0 Å². The van der Waals surface area contributed by atoms with E-state index in [9.17, 15) is 9.79 Å². The van der Waals surface area contributed by atoms with Crippen molar-refractivity contribution in [2.24, 2.45) is 0 Å². The number of hydrogen-bond donors (Lipinski definition) is 0. The van der Waals surface area contributed by atoms with Crippen LogP contribution in [0.1, 0.15) is 22.5 Å². The van der Waals surface area contributed by atoms with Crippen LogP contribution >= 0.6 is 14.2 Å². The molecule has 0 bridgehead atoms. The van der Waals surface area contributed by atoms with Gasteiger partial charge in [0.15, 0.2) is 0 Å². The Labute approximate surface area is 85.9 Å². The Hall–Kier alpha value is 0.520. The van der Waals surface area contributed by atoms with Crippen molar-refractivity contribution in [2.75, 3.05) is 26.1 Å². The van der Waals surface area contributed by atoms with Crippen LogP contribution in [0.2, 0.25) is 0 Å². The molecule has 0 aliphatic carbocycles. The van der Waals surface area contributed by atoms with Crippen molar-refractivity contribution < 1.29 is 12.5 Å². The van der Waals surface area contributed by atoms with Gasteiger partial charge in [-0.25, -0.2) is 14.2 Å². The van der Waals surface area contributed by atoms with E-state index < -0.39 is 14.2 Å². The van der Waals surface area contributed by atoms with Crippen LogP contribution in [-0.4, -0.2) is 38.7 Å². The minimum atomic E-state index is -2.23. The molecule has 0 rings (SSSR count). The van der Waals surface area contributed by atoms with Gasteiger partial charge in [0.25, 0.3) is 0 Å². The van der Waals surface area contributed by atoms with E-state index in [4.69, 9.17) is 2.74 Å². The van der Waals surface area contributed by atoms with Crippen LogP contribution in [0.25, 0.3) is 0 Å². The van der Waals surface area contributed by atoms with Gasteiger partial charge in [-0.05, 0) is 6.16 Å². The molecular formula is C9H22O2P2-2. The van der Waals surface area contributed by atoms with Crippen LogP contribution < -0.4 is 9.79 Å². The Morgan fingerprint density at radius 3 is 2.00 bits per heavy atom. The molecule has 4 heteroatoms. The summed E-state index contributed by atoms with van der Waals surface area (Å²) in [6.07, 6.45) is 9.24. The van der Waals surface area contributed by atoms with Crippen LogP contribution in [0.3, 0.4) is 0 Å². The fraction of sp³-hybridized carbons (Fsp3) is 0.778. The van der Waals surface area contributed by atoms with E-state index in [-0.39, 0.29) is 6.64 Å². The van der Waals surface area contributed by atoms with Gasteiger partial charge in [0.05, 0.1) is 0 Å². The average Bonchev–Trinajstić information content (AvgIpc) is 2.02. The van der Waals surface area contributed by atoms with E-state index in [1.165, 1.54) is 6.66 Å². The molecule has 2 nitrogen and oxygen atoms in total. The summed E-state index contributed by atoms with van der Waals surface area (Å²) in [4.78, 5) is 21.2. The number of hydrogen-bond acceptors (Lipinski definition) is 2. The molecular weight excluding hydrogens is 202 g/mol. The molecule has 2 atom stereocenters. The van der Waals surface area contributed by atoms with E-state index in [1.54, 1.807) is 6.66 Å². The fourth-order valence-corrected chi connectivity index (χ4v) is 1.34. The molecule has 0 spiro atoms. The molecule has 0 saturated carbocycles. The summed E-state index contributed by atoms with van der Waals surface area (Å²) in [5.41, 5.74) is 0. The second-order valence-electron chi connectivity index (χ2n) is 3.52. The van der Waals surface area contributed by atoms with Gasteiger partial charge in [-0.3, -0.25) is 0 Å². The molecule has 0 saturated heterocycles. The normalized spacial score (nSPS) is 21.2. The topological polar surface area (TPSA) is 46.1 Å². The zero-order chi connectivity index (χ0) is 12.5. The van der Waals surface area contributed by atoms with Crippen molar-refractivity contribution in [3.05, 3.63) is 0 Å². The summed E-state index contributed by atoms with van der Waals surface area (Å²) in [6.45, 7) is 3.60. The molecule has 0 aliphatic heterocycles. The highest BCUT2D eigenvalue weighted by Gasteiger charge is 1.87. The predicted molar refractivity (Wildman–Crippen MR) is 65.6 cm³/mol. The van der Waals surface area contributed by atoms with Crippen LogP contribution in [0, 0.1) is 0 Å². The molecule has 13 heavy (non-hydrogen) atoms. The first kappa shape index (κ1) is 11.6. The molecule has 0 heterocycles. The first-order chi connectivity index (χ1) is 6.62. The first-order valence-electron chi connectivity index (χ1n) is 5.44. The molecule has 0 amide bonds. The predicted octanol–water partition coefficient (Wildman–Crippen LogP) is 1.11. The van der Waals surface area contributed by atoms with Gasteiger partial charge in [0.2, 0.25) is 0 Å². The second kappa shape index (κ2) is 6.90. The van der Waals surface area contributed by atoms with Crippen molar-refractivity contribution in [1.29, 1.82) is 0 Å². The zero-order valence-corrected chi connectivity index (χ0v) is 10.4. The Morgan fingerprint density at radius 1 is 1.31 bits per heavy atom. The standard InChI is InChI=1S/C6H14OP.C3H8OP/c1-4-5-6-8(2,3)7;1-5(2,3)4/h2,4-6H2,1,3H3;1H2,2-3H3/q2*-1/i1T;2T. The smallest absolute Gasteiger partial charge is 0.0267 e. The highest BCUT2D eigenvalue weighted by atomic mass is 31.2. The van der Waals surface area contributed by atoms with Gasteiger partial charge >= 0.3 is 0 Å².